The van der Waals surface area contributed by atoms with Crippen molar-refractivity contribution in [3.63, 3.8) is 0 Å². The smallest absolute Gasteiger partial charge is 0.293 e. The third-order valence-electron chi connectivity index (χ3n) is 5.95. The lowest BCUT2D eigenvalue weighted by atomic mass is 10.0. The topological polar surface area (TPSA) is 115 Å². The van der Waals surface area contributed by atoms with Gasteiger partial charge in [0.2, 0.25) is 5.95 Å². The number of nitrogens with one attached hydrogen (secondary N) is 3. The van der Waals surface area contributed by atoms with Gasteiger partial charge in [-0.25, -0.2) is 10.5 Å². The van der Waals surface area contributed by atoms with Crippen LogP contribution in [0.4, 0.5) is 11.8 Å². The molecule has 0 spiro atoms. The molecule has 4 rings (SSSR count). The Bertz CT molecular complexity index is 1030. The Labute approximate surface area is 201 Å². The van der Waals surface area contributed by atoms with Gasteiger partial charge in [0.15, 0.2) is 0 Å². The summed E-state index contributed by atoms with van der Waals surface area (Å²) < 4.78 is 0. The minimum atomic E-state index is -0.416. The van der Waals surface area contributed by atoms with Crippen molar-refractivity contribution in [2.75, 3.05) is 43.1 Å². The predicted molar refractivity (Wildman–Crippen MR) is 126 cm³/mol. The van der Waals surface area contributed by atoms with Crippen molar-refractivity contribution in [3.05, 3.63) is 33.2 Å². The van der Waals surface area contributed by atoms with Crippen LogP contribution in [0.1, 0.15) is 52.4 Å². The van der Waals surface area contributed by atoms with Gasteiger partial charge in [-0.15, -0.1) is 0 Å². The molecule has 0 radical (unpaired) electrons. The molecule has 2 aromatic rings. The van der Waals surface area contributed by atoms with Gasteiger partial charge in [-0.2, -0.15) is 4.98 Å². The maximum Gasteiger partial charge on any atom is 0.293 e. The molecule has 0 bridgehead atoms. The van der Waals surface area contributed by atoms with Crippen molar-refractivity contribution in [1.29, 1.82) is 0 Å². The summed E-state index contributed by atoms with van der Waals surface area (Å²) in [6, 6.07) is 1.67. The summed E-state index contributed by atoms with van der Waals surface area (Å²) in [6.45, 7) is 4.85. The van der Waals surface area contributed by atoms with Crippen LogP contribution in [0.2, 0.25) is 10.0 Å². The van der Waals surface area contributed by atoms with Crippen LogP contribution < -0.4 is 20.6 Å². The minimum absolute atomic E-state index is 0.0108. The van der Waals surface area contributed by atoms with Crippen LogP contribution in [-0.4, -0.2) is 66.1 Å². The Morgan fingerprint density at radius 1 is 1.06 bits per heavy atom. The van der Waals surface area contributed by atoms with Crippen LogP contribution in [0, 0.1) is 6.92 Å². The Morgan fingerprint density at radius 3 is 2.36 bits per heavy atom. The van der Waals surface area contributed by atoms with E-state index in [0.29, 0.717) is 35.6 Å². The number of H-pyrrole nitrogens is 1. The molecule has 2 aromatic heterocycles. The van der Waals surface area contributed by atoms with E-state index in [1.807, 2.05) is 0 Å². The molecule has 2 saturated heterocycles. The second-order valence-corrected chi connectivity index (χ2v) is 8.98. The zero-order valence-corrected chi connectivity index (χ0v) is 20.1. The van der Waals surface area contributed by atoms with Gasteiger partial charge in [0.1, 0.15) is 17.2 Å². The number of amides is 2. The molecule has 10 nitrogen and oxygen atoms in total. The maximum absolute atomic E-state index is 12.6. The van der Waals surface area contributed by atoms with Crippen LogP contribution >= 0.6 is 23.2 Å². The van der Waals surface area contributed by atoms with Crippen LogP contribution in [0.3, 0.4) is 0 Å². The third kappa shape index (κ3) is 5.18. The highest BCUT2D eigenvalue weighted by Gasteiger charge is 2.27. The monoisotopic (exact) mass is 495 g/mol. The van der Waals surface area contributed by atoms with Crippen molar-refractivity contribution in [3.8, 4) is 0 Å². The zero-order chi connectivity index (χ0) is 23.5. The first kappa shape index (κ1) is 23.6. The van der Waals surface area contributed by atoms with Crippen LogP contribution in [0.5, 0.6) is 0 Å². The highest BCUT2D eigenvalue weighted by atomic mass is 35.5. The molecule has 3 N–H and O–H groups in total. The average Bonchev–Trinajstić information content (AvgIpc) is 3.44. The molecule has 0 atom stereocenters. The largest absolute Gasteiger partial charge is 0.356 e. The van der Waals surface area contributed by atoms with Gasteiger partial charge in [-0.1, -0.05) is 23.2 Å². The van der Waals surface area contributed by atoms with Gasteiger partial charge in [-0.3, -0.25) is 14.4 Å². The zero-order valence-electron chi connectivity index (χ0n) is 18.6. The molecule has 2 aliphatic rings. The van der Waals surface area contributed by atoms with E-state index >= 15 is 0 Å². The first-order chi connectivity index (χ1) is 15.9. The summed E-state index contributed by atoms with van der Waals surface area (Å²) in [5.74, 6) is 0.550. The summed E-state index contributed by atoms with van der Waals surface area (Å²) in [6.07, 6.45) is 3.60. The van der Waals surface area contributed by atoms with Crippen molar-refractivity contribution in [1.82, 2.24) is 25.7 Å². The Balaban J connectivity index is 1.44. The molecule has 4 heterocycles. The molecule has 0 aliphatic carbocycles. The SMILES string of the molecule is CONC(=O)c1cc(N2CCC(NC(=O)c3[nH]c(C)c(Cl)c3Cl)CC2)nc(N2CCCC2)n1. The lowest BCUT2D eigenvalue weighted by Gasteiger charge is -2.33. The number of aromatic amines is 1. The van der Waals surface area contributed by atoms with E-state index in [4.69, 9.17) is 33.0 Å². The maximum atomic E-state index is 12.6. The number of aryl methyl sites for hydroxylation is 1. The average molecular weight is 496 g/mol. The van der Waals surface area contributed by atoms with E-state index < -0.39 is 5.91 Å². The van der Waals surface area contributed by atoms with Crippen molar-refractivity contribution in [2.24, 2.45) is 0 Å². The van der Waals surface area contributed by atoms with Gasteiger partial charge in [0.25, 0.3) is 11.8 Å². The Hall–Kier alpha value is -2.56. The number of rotatable bonds is 6. The minimum Gasteiger partial charge on any atom is -0.356 e. The Morgan fingerprint density at radius 2 is 1.76 bits per heavy atom. The fourth-order valence-corrected chi connectivity index (χ4v) is 4.56. The van der Waals surface area contributed by atoms with E-state index in [-0.39, 0.29) is 28.4 Å². The number of halogens is 2. The quantitative estimate of drug-likeness (QED) is 0.527. The van der Waals surface area contributed by atoms with E-state index in [1.165, 1.54) is 7.11 Å². The van der Waals surface area contributed by atoms with Gasteiger partial charge in [0, 0.05) is 44.0 Å². The second-order valence-electron chi connectivity index (χ2n) is 8.23. The molecule has 178 valence electrons. The summed E-state index contributed by atoms with van der Waals surface area (Å²) >= 11 is 12.3. The molecule has 0 aromatic carbocycles. The number of carbonyl (C=O) groups excluding carboxylic acids is 2. The molecule has 2 aliphatic heterocycles. The highest BCUT2D eigenvalue weighted by molar-refractivity contribution is 6.44. The number of aromatic nitrogens is 3. The lowest BCUT2D eigenvalue weighted by Crippen LogP contribution is -2.45. The molecule has 0 unspecified atom stereocenters. The number of hydrogen-bond acceptors (Lipinski definition) is 7. The number of anilines is 2. The molecule has 33 heavy (non-hydrogen) atoms. The third-order valence-corrected chi connectivity index (χ3v) is 6.90. The fourth-order valence-electron chi connectivity index (χ4n) is 4.14. The molecule has 2 fully saturated rings. The Kier molecular flexibility index (Phi) is 7.26. The summed E-state index contributed by atoms with van der Waals surface area (Å²) in [4.78, 5) is 46.1. The van der Waals surface area contributed by atoms with Gasteiger partial charge >= 0.3 is 0 Å². The fraction of sp³-hybridized carbons (Fsp3) is 0.524. The molecular weight excluding hydrogens is 469 g/mol. The first-order valence-corrected chi connectivity index (χ1v) is 11.7. The standard InChI is InChI=1S/C21H27Cl2N7O3/c1-12-16(22)17(23)18(24-12)20(32)25-13-5-9-29(10-6-13)15-11-14(19(31)28-33-2)26-21(27-15)30-7-3-4-8-30/h11,13,24H,3-10H2,1-2H3,(H,25,32)(H,28,31). The molecular formula is C21H27Cl2N7O3. The van der Waals surface area contributed by atoms with Gasteiger partial charge in [-0.05, 0) is 32.6 Å². The summed E-state index contributed by atoms with van der Waals surface area (Å²) in [5, 5.41) is 3.63. The summed E-state index contributed by atoms with van der Waals surface area (Å²) in [7, 11) is 1.39. The number of piperidine rings is 1. The van der Waals surface area contributed by atoms with Crippen molar-refractivity contribution >= 4 is 46.8 Å². The molecule has 0 saturated carbocycles. The number of nitrogens with zero attached hydrogens (tertiary/aromatic N) is 4. The first-order valence-electron chi connectivity index (χ1n) is 10.9. The van der Waals surface area contributed by atoms with E-state index in [0.717, 1.165) is 38.8 Å². The highest BCUT2D eigenvalue weighted by Crippen LogP contribution is 2.29. The number of hydrogen-bond donors (Lipinski definition) is 3. The van der Waals surface area contributed by atoms with Gasteiger partial charge in [0.05, 0.1) is 17.2 Å². The van der Waals surface area contributed by atoms with Crippen molar-refractivity contribution in [2.45, 2.75) is 38.6 Å². The second kappa shape index (κ2) is 10.1. The van der Waals surface area contributed by atoms with Crippen LogP contribution in [0.25, 0.3) is 0 Å². The van der Waals surface area contributed by atoms with Gasteiger partial charge < -0.3 is 20.1 Å². The molecule has 2 amide bonds. The van der Waals surface area contributed by atoms with E-state index in [1.54, 1.807) is 13.0 Å². The lowest BCUT2D eigenvalue weighted by molar-refractivity contribution is 0.0532. The molecule has 12 heteroatoms. The van der Waals surface area contributed by atoms with Crippen LogP contribution in [0.15, 0.2) is 6.07 Å². The van der Waals surface area contributed by atoms with Crippen molar-refractivity contribution < 1.29 is 14.4 Å². The number of carbonyl (C=O) groups is 2. The van der Waals surface area contributed by atoms with E-state index in [9.17, 15) is 9.59 Å². The predicted octanol–water partition coefficient (Wildman–Crippen LogP) is 2.71. The summed E-state index contributed by atoms with van der Waals surface area (Å²) in [5.41, 5.74) is 3.52. The number of hydroxylamine groups is 1. The van der Waals surface area contributed by atoms with Crippen LogP contribution in [-0.2, 0) is 4.84 Å². The van der Waals surface area contributed by atoms with E-state index in [2.05, 4.69) is 30.6 Å². The normalized spacial score (nSPS) is 16.8.